The zero-order valence-electron chi connectivity index (χ0n) is 19.4. The zero-order valence-corrected chi connectivity index (χ0v) is 19.4. The van der Waals surface area contributed by atoms with Crippen LogP contribution in [-0.2, 0) is 13.0 Å². The summed E-state index contributed by atoms with van der Waals surface area (Å²) < 4.78 is 0. The Bertz CT molecular complexity index is 1260. The first-order valence-corrected chi connectivity index (χ1v) is 11.3. The van der Waals surface area contributed by atoms with Crippen LogP contribution in [0.2, 0.25) is 0 Å². The van der Waals surface area contributed by atoms with Crippen molar-refractivity contribution < 1.29 is 14.6 Å². The number of fused-ring (bicyclic) bond motifs is 1. The molecule has 0 atom stereocenters. The molecule has 35 heavy (non-hydrogen) atoms. The van der Waals surface area contributed by atoms with Gasteiger partial charge in [-0.3, -0.25) is 25.0 Å². The van der Waals surface area contributed by atoms with E-state index in [1.165, 1.54) is 4.90 Å². The van der Waals surface area contributed by atoms with E-state index in [2.05, 4.69) is 4.90 Å². The van der Waals surface area contributed by atoms with Gasteiger partial charge in [0.2, 0.25) is 0 Å². The highest BCUT2D eigenvalue weighted by Gasteiger charge is 2.29. The average Bonchev–Trinajstić information content (AvgIpc) is 2.88. The van der Waals surface area contributed by atoms with E-state index < -0.39 is 27.1 Å². The summed E-state index contributed by atoms with van der Waals surface area (Å²) in [5.41, 5.74) is 1.45. The van der Waals surface area contributed by atoms with Crippen LogP contribution in [0, 0.1) is 20.2 Å². The third-order valence-electron chi connectivity index (χ3n) is 5.99. The largest absolute Gasteiger partial charge is 0.357 e. The Morgan fingerprint density at radius 1 is 1.00 bits per heavy atom. The minimum absolute atomic E-state index is 0.0967. The second-order valence-corrected chi connectivity index (χ2v) is 8.06. The fourth-order valence-electron chi connectivity index (χ4n) is 4.18. The number of anilines is 1. The monoisotopic (exact) mass is 476 g/mol. The van der Waals surface area contributed by atoms with Crippen LogP contribution in [0.3, 0.4) is 0 Å². The molecule has 1 aliphatic rings. The topological polar surface area (TPSA) is 136 Å². The first-order valence-electron chi connectivity index (χ1n) is 11.3. The summed E-state index contributed by atoms with van der Waals surface area (Å²) in [7, 11) is 0. The van der Waals surface area contributed by atoms with Crippen molar-refractivity contribution in [3.63, 3.8) is 0 Å². The Morgan fingerprint density at radius 2 is 1.63 bits per heavy atom. The van der Waals surface area contributed by atoms with Crippen LogP contribution in [0.25, 0.3) is 11.4 Å². The number of benzene rings is 2. The molecule has 0 fully saturated rings. The highest BCUT2D eigenvalue weighted by atomic mass is 16.6. The molecule has 11 nitrogen and oxygen atoms in total. The van der Waals surface area contributed by atoms with Gasteiger partial charge >= 0.3 is 0 Å². The Labute approximate surface area is 201 Å². The van der Waals surface area contributed by atoms with Crippen LogP contribution in [-0.4, -0.2) is 50.3 Å². The molecule has 1 aromatic heterocycles. The van der Waals surface area contributed by atoms with Gasteiger partial charge in [-0.05, 0) is 13.8 Å². The summed E-state index contributed by atoms with van der Waals surface area (Å²) in [5.74, 6) is 0.835. The number of carbonyl (C=O) groups is 1. The minimum atomic E-state index is -0.743. The highest BCUT2D eigenvalue weighted by Crippen LogP contribution is 2.31. The van der Waals surface area contributed by atoms with E-state index in [1.807, 2.05) is 44.2 Å². The van der Waals surface area contributed by atoms with E-state index in [-0.39, 0.29) is 12.1 Å². The Morgan fingerprint density at radius 3 is 2.20 bits per heavy atom. The fraction of sp³-hybridized carbons (Fsp3) is 0.292. The van der Waals surface area contributed by atoms with Crippen molar-refractivity contribution >= 4 is 23.1 Å². The molecule has 0 spiro atoms. The number of hydrogen-bond donors (Lipinski definition) is 0. The van der Waals surface area contributed by atoms with Crippen molar-refractivity contribution in [3.05, 3.63) is 85.6 Å². The molecule has 4 rings (SSSR count). The van der Waals surface area contributed by atoms with Gasteiger partial charge < -0.3 is 9.80 Å². The minimum Gasteiger partial charge on any atom is -0.357 e. The molecule has 0 unspecified atom stereocenters. The van der Waals surface area contributed by atoms with Gasteiger partial charge in [0.15, 0.2) is 5.82 Å². The van der Waals surface area contributed by atoms with Crippen molar-refractivity contribution in [2.24, 2.45) is 0 Å². The van der Waals surface area contributed by atoms with Crippen molar-refractivity contribution in [3.8, 4) is 11.4 Å². The van der Waals surface area contributed by atoms with Gasteiger partial charge in [-0.2, -0.15) is 0 Å². The van der Waals surface area contributed by atoms with Crippen molar-refractivity contribution in [1.29, 1.82) is 0 Å². The maximum Gasteiger partial charge on any atom is 0.277 e. The van der Waals surface area contributed by atoms with Crippen LogP contribution >= 0.6 is 0 Å². The smallest absolute Gasteiger partial charge is 0.277 e. The van der Waals surface area contributed by atoms with Gasteiger partial charge in [-0.1, -0.05) is 30.3 Å². The van der Waals surface area contributed by atoms with E-state index in [9.17, 15) is 25.0 Å². The molecule has 1 amide bonds. The molecule has 0 bridgehead atoms. The number of nitro benzene ring substituents is 2. The summed E-state index contributed by atoms with van der Waals surface area (Å²) in [4.78, 5) is 47.6. The normalized spacial score (nSPS) is 12.7. The summed E-state index contributed by atoms with van der Waals surface area (Å²) >= 11 is 0. The summed E-state index contributed by atoms with van der Waals surface area (Å²) in [5, 5.41) is 22.5. The van der Waals surface area contributed by atoms with E-state index in [4.69, 9.17) is 9.97 Å². The molecular weight excluding hydrogens is 452 g/mol. The van der Waals surface area contributed by atoms with Gasteiger partial charge in [-0.15, -0.1) is 0 Å². The van der Waals surface area contributed by atoms with Crippen LogP contribution < -0.4 is 4.90 Å². The third-order valence-corrected chi connectivity index (χ3v) is 5.99. The summed E-state index contributed by atoms with van der Waals surface area (Å²) in [6, 6.07) is 12.7. The van der Waals surface area contributed by atoms with Crippen molar-refractivity contribution in [1.82, 2.24) is 14.9 Å². The molecule has 0 radical (unpaired) electrons. The van der Waals surface area contributed by atoms with Crippen LogP contribution in [0.15, 0.2) is 48.5 Å². The summed E-state index contributed by atoms with van der Waals surface area (Å²) in [6.45, 7) is 5.98. The molecule has 0 saturated carbocycles. The molecule has 11 heteroatoms. The number of aromatic nitrogens is 2. The van der Waals surface area contributed by atoms with Crippen molar-refractivity contribution in [2.45, 2.75) is 26.8 Å². The third kappa shape index (κ3) is 4.79. The van der Waals surface area contributed by atoms with E-state index >= 15 is 0 Å². The molecule has 0 aliphatic carbocycles. The number of carbonyl (C=O) groups excluding carboxylic acids is 1. The van der Waals surface area contributed by atoms with Crippen molar-refractivity contribution in [2.75, 3.05) is 24.5 Å². The average molecular weight is 476 g/mol. The van der Waals surface area contributed by atoms with Gasteiger partial charge in [0, 0.05) is 49.3 Å². The number of nitro groups is 2. The molecule has 3 aromatic rings. The molecule has 180 valence electrons. The second-order valence-electron chi connectivity index (χ2n) is 8.06. The highest BCUT2D eigenvalue weighted by molar-refractivity contribution is 5.96. The molecular formula is C24H24N6O5. The maximum absolute atomic E-state index is 13.3. The van der Waals surface area contributed by atoms with Gasteiger partial charge in [0.05, 0.1) is 33.7 Å². The van der Waals surface area contributed by atoms with Gasteiger partial charge in [0.1, 0.15) is 5.82 Å². The number of amides is 1. The SMILES string of the molecule is CCN(CC)c1nc(-c2ccccc2)nc2c1CN(C(=O)c1cc([N+](=O)[O-])cc([N+](=O)[O-])c1)CC2. The molecule has 0 saturated heterocycles. The number of rotatable bonds is 7. The molecule has 1 aliphatic heterocycles. The van der Waals surface area contributed by atoms with Gasteiger partial charge in [-0.25, -0.2) is 9.97 Å². The molecule has 0 N–H and O–H groups in total. The fourth-order valence-corrected chi connectivity index (χ4v) is 4.18. The van der Waals surface area contributed by atoms with Crippen LogP contribution in [0.4, 0.5) is 17.2 Å². The Hall–Kier alpha value is -4.41. The standard InChI is InChI=1S/C24H24N6O5/c1-3-27(4-2)23-20-15-28(11-10-21(20)25-22(26-23)16-8-6-5-7-9-16)24(31)17-12-18(29(32)33)14-19(13-17)30(34)35/h5-9,12-14H,3-4,10-11,15H2,1-2H3. The number of non-ortho nitro benzene ring substituents is 2. The predicted molar refractivity (Wildman–Crippen MR) is 129 cm³/mol. The zero-order chi connectivity index (χ0) is 25.1. The van der Waals surface area contributed by atoms with E-state index in [1.54, 1.807) is 0 Å². The second kappa shape index (κ2) is 9.84. The van der Waals surface area contributed by atoms with Crippen LogP contribution in [0.5, 0.6) is 0 Å². The number of hydrogen-bond acceptors (Lipinski definition) is 8. The molecule has 2 heterocycles. The van der Waals surface area contributed by atoms with Crippen LogP contribution in [0.1, 0.15) is 35.5 Å². The lowest BCUT2D eigenvalue weighted by Gasteiger charge is -2.32. The predicted octanol–water partition coefficient (Wildman–Crippen LogP) is 4.00. The lowest BCUT2D eigenvalue weighted by Crippen LogP contribution is -2.38. The van der Waals surface area contributed by atoms with Gasteiger partial charge in [0.25, 0.3) is 17.3 Å². The quantitative estimate of drug-likeness (QED) is 0.369. The lowest BCUT2D eigenvalue weighted by atomic mass is 10.0. The first kappa shape index (κ1) is 23.7. The maximum atomic E-state index is 13.3. The first-order chi connectivity index (χ1) is 16.8. The van der Waals surface area contributed by atoms with E-state index in [0.717, 1.165) is 40.8 Å². The number of nitrogens with zero attached hydrogens (tertiary/aromatic N) is 6. The lowest BCUT2D eigenvalue weighted by molar-refractivity contribution is -0.394. The Balaban J connectivity index is 1.73. The summed E-state index contributed by atoms with van der Waals surface area (Å²) in [6.07, 6.45) is 0.467. The molecule has 2 aromatic carbocycles. The Kier molecular flexibility index (Phi) is 6.67. The van der Waals surface area contributed by atoms with E-state index in [0.29, 0.717) is 31.9 Å².